The van der Waals surface area contributed by atoms with Crippen molar-refractivity contribution in [2.24, 2.45) is 0 Å². The molecule has 0 fully saturated rings. The fourth-order valence-corrected chi connectivity index (χ4v) is 3.17. The van der Waals surface area contributed by atoms with Crippen molar-refractivity contribution in [3.8, 4) is 0 Å². The Morgan fingerprint density at radius 1 is 1.24 bits per heavy atom. The van der Waals surface area contributed by atoms with Gasteiger partial charge in [-0.15, -0.1) is 0 Å². The van der Waals surface area contributed by atoms with Crippen molar-refractivity contribution in [1.82, 2.24) is 14.5 Å². The molecule has 2 N–H and O–H groups in total. The van der Waals surface area contributed by atoms with E-state index in [4.69, 9.17) is 0 Å². The summed E-state index contributed by atoms with van der Waals surface area (Å²) in [7, 11) is -3.51. The first-order chi connectivity index (χ1) is 10.1. The molecule has 21 heavy (non-hydrogen) atoms. The molecule has 0 atom stereocenters. The Bertz CT molecular complexity index is 695. The van der Waals surface area contributed by atoms with Gasteiger partial charge in [-0.25, -0.2) is 13.1 Å². The van der Waals surface area contributed by atoms with E-state index in [1.807, 2.05) is 20.0 Å². The number of anilines is 2. The van der Waals surface area contributed by atoms with Crippen molar-refractivity contribution in [3.63, 3.8) is 0 Å². The summed E-state index contributed by atoms with van der Waals surface area (Å²) in [4.78, 5) is 0.239. The van der Waals surface area contributed by atoms with Crippen LogP contribution in [-0.4, -0.2) is 24.7 Å². The van der Waals surface area contributed by atoms with E-state index >= 15 is 0 Å². The summed E-state index contributed by atoms with van der Waals surface area (Å²) < 4.78 is 28.9. The van der Waals surface area contributed by atoms with E-state index in [1.54, 1.807) is 35.1 Å². The highest BCUT2D eigenvalue weighted by Crippen LogP contribution is 2.24. The number of sulfonamides is 1. The molecule has 2 rings (SSSR count). The molecule has 0 aliphatic heterocycles. The van der Waals surface area contributed by atoms with E-state index < -0.39 is 10.0 Å². The first kappa shape index (κ1) is 15.5. The number of nitrogens with zero attached hydrogens (tertiary/aromatic N) is 2. The van der Waals surface area contributed by atoms with Crippen LogP contribution < -0.4 is 10.0 Å². The molecule has 0 amide bonds. The van der Waals surface area contributed by atoms with Gasteiger partial charge in [-0.3, -0.25) is 4.68 Å². The van der Waals surface area contributed by atoms with Crippen LogP contribution in [0.4, 0.5) is 11.4 Å². The largest absolute Gasteiger partial charge is 0.352 e. The van der Waals surface area contributed by atoms with Crippen LogP contribution in [0.3, 0.4) is 0 Å². The van der Waals surface area contributed by atoms with E-state index in [0.717, 1.165) is 18.7 Å². The second kappa shape index (κ2) is 6.73. The zero-order valence-electron chi connectivity index (χ0n) is 12.2. The van der Waals surface area contributed by atoms with Crippen LogP contribution >= 0.6 is 0 Å². The van der Waals surface area contributed by atoms with Gasteiger partial charge in [0.05, 0.1) is 17.6 Å². The van der Waals surface area contributed by atoms with E-state index in [2.05, 4.69) is 15.1 Å². The van der Waals surface area contributed by atoms with Crippen molar-refractivity contribution in [1.29, 1.82) is 0 Å². The molecule has 0 aliphatic carbocycles. The molecule has 1 aromatic heterocycles. The van der Waals surface area contributed by atoms with Gasteiger partial charge in [0.15, 0.2) is 0 Å². The summed E-state index contributed by atoms with van der Waals surface area (Å²) in [5.74, 6) is 0. The van der Waals surface area contributed by atoms with Gasteiger partial charge in [0.25, 0.3) is 0 Å². The minimum Gasteiger partial charge on any atom is -0.352 e. The maximum absolute atomic E-state index is 12.3. The summed E-state index contributed by atoms with van der Waals surface area (Å²) in [6, 6.07) is 6.83. The van der Waals surface area contributed by atoms with Crippen LogP contribution in [0, 0.1) is 0 Å². The molecule has 0 saturated carbocycles. The smallest absolute Gasteiger partial charge is 0.242 e. The Morgan fingerprint density at radius 3 is 2.67 bits per heavy atom. The monoisotopic (exact) mass is 308 g/mol. The number of hydrogen-bond acceptors (Lipinski definition) is 4. The van der Waals surface area contributed by atoms with E-state index in [0.29, 0.717) is 12.2 Å². The molecular weight excluding hydrogens is 288 g/mol. The van der Waals surface area contributed by atoms with Crippen LogP contribution in [0.1, 0.15) is 20.3 Å². The fraction of sp³-hybridized carbons (Fsp3) is 0.357. The zero-order chi connectivity index (χ0) is 15.3. The van der Waals surface area contributed by atoms with Crippen molar-refractivity contribution >= 4 is 21.4 Å². The quantitative estimate of drug-likeness (QED) is 0.823. The molecule has 0 saturated heterocycles. The van der Waals surface area contributed by atoms with Crippen LogP contribution in [0.5, 0.6) is 0 Å². The van der Waals surface area contributed by atoms with Gasteiger partial charge in [-0.05, 0) is 25.5 Å². The highest BCUT2D eigenvalue weighted by molar-refractivity contribution is 7.89. The molecular formula is C14H20N4O2S. The SMILES string of the molecule is CCCNS(=O)(=O)c1ccccc1Nc1cnn(CC)c1. The average Bonchev–Trinajstić information content (AvgIpc) is 2.93. The lowest BCUT2D eigenvalue weighted by Crippen LogP contribution is -2.25. The Morgan fingerprint density at radius 2 is 2.00 bits per heavy atom. The number of hydrogen-bond donors (Lipinski definition) is 2. The number of rotatable bonds is 7. The van der Waals surface area contributed by atoms with Gasteiger partial charge in [0.1, 0.15) is 4.90 Å². The third-order valence-corrected chi connectivity index (χ3v) is 4.47. The van der Waals surface area contributed by atoms with Gasteiger partial charge in [0.2, 0.25) is 10.0 Å². The lowest BCUT2D eigenvalue weighted by Gasteiger charge is -2.11. The number of para-hydroxylation sites is 1. The topological polar surface area (TPSA) is 76.0 Å². The minimum absolute atomic E-state index is 0.239. The lowest BCUT2D eigenvalue weighted by molar-refractivity contribution is 0.581. The minimum atomic E-state index is -3.51. The highest BCUT2D eigenvalue weighted by Gasteiger charge is 2.17. The van der Waals surface area contributed by atoms with Gasteiger partial charge < -0.3 is 5.32 Å². The van der Waals surface area contributed by atoms with E-state index in [1.165, 1.54) is 0 Å². The molecule has 0 bridgehead atoms. The summed E-state index contributed by atoms with van der Waals surface area (Å²) >= 11 is 0. The van der Waals surface area contributed by atoms with E-state index in [-0.39, 0.29) is 4.90 Å². The Labute approximate surface area is 125 Å². The normalized spacial score (nSPS) is 11.5. The zero-order valence-corrected chi connectivity index (χ0v) is 13.0. The molecule has 0 aliphatic rings. The molecule has 7 heteroatoms. The Hall–Kier alpha value is -1.86. The predicted molar refractivity (Wildman–Crippen MR) is 83.1 cm³/mol. The van der Waals surface area contributed by atoms with Gasteiger partial charge in [-0.2, -0.15) is 5.10 Å². The molecule has 2 aromatic rings. The standard InChI is InChI=1S/C14H20N4O2S/c1-3-9-16-21(19,20)14-8-6-5-7-13(14)17-12-10-15-18(4-2)11-12/h5-8,10-11,16-17H,3-4,9H2,1-2H3. The highest BCUT2D eigenvalue weighted by atomic mass is 32.2. The fourth-order valence-electron chi connectivity index (χ4n) is 1.87. The summed E-state index contributed by atoms with van der Waals surface area (Å²) in [5, 5.41) is 7.27. The maximum Gasteiger partial charge on any atom is 0.242 e. The molecule has 1 heterocycles. The maximum atomic E-state index is 12.3. The molecule has 0 spiro atoms. The predicted octanol–water partition coefficient (Wildman–Crippen LogP) is 2.33. The Kier molecular flexibility index (Phi) is 4.98. The van der Waals surface area contributed by atoms with Crippen LogP contribution in [-0.2, 0) is 16.6 Å². The van der Waals surface area contributed by atoms with Crippen molar-refractivity contribution < 1.29 is 8.42 Å². The summed E-state index contributed by atoms with van der Waals surface area (Å²) in [6.07, 6.45) is 4.26. The molecule has 6 nitrogen and oxygen atoms in total. The number of benzene rings is 1. The van der Waals surface area contributed by atoms with Crippen molar-refractivity contribution in [2.75, 3.05) is 11.9 Å². The second-order valence-corrected chi connectivity index (χ2v) is 6.34. The number of nitrogens with one attached hydrogen (secondary N) is 2. The van der Waals surface area contributed by atoms with Crippen molar-refractivity contribution in [3.05, 3.63) is 36.7 Å². The summed E-state index contributed by atoms with van der Waals surface area (Å²) in [5.41, 5.74) is 1.30. The molecule has 0 unspecified atom stereocenters. The molecule has 114 valence electrons. The van der Waals surface area contributed by atoms with Crippen molar-refractivity contribution in [2.45, 2.75) is 31.7 Å². The van der Waals surface area contributed by atoms with E-state index in [9.17, 15) is 8.42 Å². The first-order valence-electron chi connectivity index (χ1n) is 6.95. The lowest BCUT2D eigenvalue weighted by atomic mass is 10.3. The second-order valence-electron chi connectivity index (χ2n) is 4.60. The first-order valence-corrected chi connectivity index (χ1v) is 8.43. The number of aromatic nitrogens is 2. The number of aryl methyl sites for hydroxylation is 1. The van der Waals surface area contributed by atoms with Crippen LogP contribution in [0.15, 0.2) is 41.6 Å². The van der Waals surface area contributed by atoms with Gasteiger partial charge in [0, 0.05) is 19.3 Å². The van der Waals surface area contributed by atoms with Crippen LogP contribution in [0.2, 0.25) is 0 Å². The molecule has 1 aromatic carbocycles. The van der Waals surface area contributed by atoms with Gasteiger partial charge in [-0.1, -0.05) is 19.1 Å². The average molecular weight is 308 g/mol. The molecule has 0 radical (unpaired) electrons. The third kappa shape index (κ3) is 3.83. The Balaban J connectivity index is 2.28. The van der Waals surface area contributed by atoms with Gasteiger partial charge >= 0.3 is 0 Å². The third-order valence-electron chi connectivity index (χ3n) is 2.95. The van der Waals surface area contributed by atoms with Crippen LogP contribution in [0.25, 0.3) is 0 Å². The summed E-state index contributed by atoms with van der Waals surface area (Å²) in [6.45, 7) is 5.10.